The molecule has 2 rings (SSSR count). The zero-order valence-corrected chi connectivity index (χ0v) is 17.7. The van der Waals surface area contributed by atoms with E-state index in [4.69, 9.17) is 0 Å². The van der Waals surface area contributed by atoms with Crippen molar-refractivity contribution in [1.29, 1.82) is 0 Å². The van der Waals surface area contributed by atoms with Crippen molar-refractivity contribution in [3.8, 4) is 0 Å². The summed E-state index contributed by atoms with van der Waals surface area (Å²) in [7, 11) is -3.43. The van der Waals surface area contributed by atoms with Crippen molar-refractivity contribution in [2.75, 3.05) is 32.7 Å². The van der Waals surface area contributed by atoms with Gasteiger partial charge in [0, 0.05) is 32.6 Å². The van der Waals surface area contributed by atoms with Crippen LogP contribution in [0.3, 0.4) is 0 Å². The molecule has 8 heteroatoms. The molecule has 0 saturated heterocycles. The number of rotatable bonds is 9. The third-order valence-electron chi connectivity index (χ3n) is 4.58. The van der Waals surface area contributed by atoms with Crippen LogP contribution in [0.15, 0.2) is 40.8 Å². The monoisotopic (exact) mass is 415 g/mol. The molecule has 27 heavy (non-hydrogen) atoms. The van der Waals surface area contributed by atoms with Gasteiger partial charge in [-0.05, 0) is 37.1 Å². The summed E-state index contributed by atoms with van der Waals surface area (Å²) < 4.78 is 26.4. The van der Waals surface area contributed by atoms with E-state index in [-0.39, 0.29) is 18.3 Å². The molecule has 1 heterocycles. The van der Waals surface area contributed by atoms with Gasteiger partial charge in [0.05, 0.1) is 4.90 Å². The summed E-state index contributed by atoms with van der Waals surface area (Å²) in [6.07, 6.45) is 4.09. The Kier molecular flexibility index (Phi) is 10.0. The molecule has 1 aliphatic rings. The van der Waals surface area contributed by atoms with E-state index in [1.807, 2.05) is 13.8 Å². The molecule has 0 aromatic heterocycles. The highest BCUT2D eigenvalue weighted by molar-refractivity contribution is 7.89. The number of amides is 1. The van der Waals surface area contributed by atoms with E-state index in [2.05, 4.69) is 16.7 Å². The molecule has 0 spiro atoms. The van der Waals surface area contributed by atoms with Crippen LogP contribution >= 0.6 is 12.4 Å². The van der Waals surface area contributed by atoms with Gasteiger partial charge >= 0.3 is 0 Å². The Labute approximate surface area is 168 Å². The Morgan fingerprint density at radius 2 is 1.85 bits per heavy atom. The van der Waals surface area contributed by atoms with Gasteiger partial charge in [0.25, 0.3) is 0 Å². The number of nitrogens with one attached hydrogen (secondary N) is 2. The first-order valence-electron chi connectivity index (χ1n) is 9.21. The molecule has 152 valence electrons. The van der Waals surface area contributed by atoms with E-state index >= 15 is 0 Å². The lowest BCUT2D eigenvalue weighted by Crippen LogP contribution is -2.30. The maximum atomic E-state index is 12.5. The Hall–Kier alpha value is -1.41. The van der Waals surface area contributed by atoms with Gasteiger partial charge in [-0.1, -0.05) is 37.6 Å². The molecule has 0 bridgehead atoms. The van der Waals surface area contributed by atoms with Crippen LogP contribution in [-0.2, 0) is 21.2 Å². The normalized spacial score (nSPS) is 14.4. The third kappa shape index (κ3) is 6.92. The average molecular weight is 416 g/mol. The number of halogens is 1. The number of sulfonamides is 1. The second-order valence-corrected chi connectivity index (χ2v) is 8.26. The SMILES string of the molecule is CCN(CC)S(=O)(=O)c1ccc(CCC(=O)NCC2=CCNCC2)cc1.Cl. The van der Waals surface area contributed by atoms with E-state index in [9.17, 15) is 13.2 Å². The first-order valence-corrected chi connectivity index (χ1v) is 10.7. The molecule has 1 aliphatic heterocycles. The van der Waals surface area contributed by atoms with Crippen molar-refractivity contribution < 1.29 is 13.2 Å². The number of hydrogen-bond donors (Lipinski definition) is 2. The number of aryl methyl sites for hydroxylation is 1. The topological polar surface area (TPSA) is 78.5 Å². The number of carbonyl (C=O) groups is 1. The third-order valence-corrected chi connectivity index (χ3v) is 6.64. The van der Waals surface area contributed by atoms with E-state index in [1.165, 1.54) is 9.88 Å². The van der Waals surface area contributed by atoms with Crippen LogP contribution in [0, 0.1) is 0 Å². The number of benzene rings is 1. The predicted molar refractivity (Wildman–Crippen MR) is 111 cm³/mol. The van der Waals surface area contributed by atoms with Gasteiger partial charge in [-0.3, -0.25) is 4.79 Å². The van der Waals surface area contributed by atoms with Gasteiger partial charge in [-0.25, -0.2) is 8.42 Å². The maximum absolute atomic E-state index is 12.5. The minimum Gasteiger partial charge on any atom is -0.352 e. The fraction of sp³-hybridized carbons (Fsp3) is 0.526. The number of hydrogen-bond acceptors (Lipinski definition) is 4. The van der Waals surface area contributed by atoms with Crippen molar-refractivity contribution >= 4 is 28.3 Å². The maximum Gasteiger partial charge on any atom is 0.243 e. The molecule has 0 unspecified atom stereocenters. The molecule has 0 aliphatic carbocycles. The Morgan fingerprint density at radius 1 is 1.19 bits per heavy atom. The molecule has 0 radical (unpaired) electrons. The van der Waals surface area contributed by atoms with Crippen molar-refractivity contribution in [2.45, 2.75) is 38.0 Å². The van der Waals surface area contributed by atoms with E-state index in [0.29, 0.717) is 37.4 Å². The zero-order valence-electron chi connectivity index (χ0n) is 16.0. The Bertz CT molecular complexity index is 729. The van der Waals surface area contributed by atoms with Crippen LogP contribution in [0.5, 0.6) is 0 Å². The summed E-state index contributed by atoms with van der Waals surface area (Å²) in [5, 5.41) is 6.19. The lowest BCUT2D eigenvalue weighted by atomic mass is 10.1. The lowest BCUT2D eigenvalue weighted by Gasteiger charge is -2.18. The molecule has 0 atom stereocenters. The zero-order chi connectivity index (χ0) is 19.0. The Morgan fingerprint density at radius 3 is 2.41 bits per heavy atom. The molecule has 6 nitrogen and oxygen atoms in total. The summed E-state index contributed by atoms with van der Waals surface area (Å²) >= 11 is 0. The van der Waals surface area contributed by atoms with Crippen molar-refractivity contribution in [2.24, 2.45) is 0 Å². The highest BCUT2D eigenvalue weighted by atomic mass is 35.5. The summed E-state index contributed by atoms with van der Waals surface area (Å²) in [5.74, 6) is 0.0178. The quantitative estimate of drug-likeness (QED) is 0.605. The van der Waals surface area contributed by atoms with E-state index < -0.39 is 10.0 Å². The lowest BCUT2D eigenvalue weighted by molar-refractivity contribution is -0.120. The molecule has 0 saturated carbocycles. The van der Waals surface area contributed by atoms with Gasteiger partial charge in [-0.2, -0.15) is 4.31 Å². The summed E-state index contributed by atoms with van der Waals surface area (Å²) in [5.41, 5.74) is 2.22. The van der Waals surface area contributed by atoms with Gasteiger partial charge < -0.3 is 10.6 Å². The molecule has 2 N–H and O–H groups in total. The van der Waals surface area contributed by atoms with Crippen molar-refractivity contribution in [3.05, 3.63) is 41.5 Å². The van der Waals surface area contributed by atoms with Gasteiger partial charge in [0.1, 0.15) is 0 Å². The summed E-state index contributed by atoms with van der Waals surface area (Å²) in [6.45, 7) is 7.00. The van der Waals surface area contributed by atoms with Gasteiger partial charge in [0.15, 0.2) is 0 Å². The molecule has 1 aromatic rings. The van der Waals surface area contributed by atoms with Crippen LogP contribution in [0.25, 0.3) is 0 Å². The largest absolute Gasteiger partial charge is 0.352 e. The van der Waals surface area contributed by atoms with Crippen LogP contribution in [0.4, 0.5) is 0 Å². The summed E-state index contributed by atoms with van der Waals surface area (Å²) in [6, 6.07) is 6.83. The second kappa shape index (κ2) is 11.4. The van der Waals surface area contributed by atoms with Crippen molar-refractivity contribution in [3.63, 3.8) is 0 Å². The van der Waals surface area contributed by atoms with Crippen LogP contribution in [0.2, 0.25) is 0 Å². The highest BCUT2D eigenvalue weighted by Crippen LogP contribution is 2.16. The first kappa shape index (κ1) is 23.6. The highest BCUT2D eigenvalue weighted by Gasteiger charge is 2.21. The smallest absolute Gasteiger partial charge is 0.243 e. The molecule has 1 amide bonds. The molecule has 0 fully saturated rings. The molecular formula is C19H30ClN3O3S. The van der Waals surface area contributed by atoms with Gasteiger partial charge in [-0.15, -0.1) is 12.4 Å². The minimum atomic E-state index is -3.43. The average Bonchev–Trinajstić information content (AvgIpc) is 2.66. The van der Waals surface area contributed by atoms with Gasteiger partial charge in [0.2, 0.25) is 15.9 Å². The predicted octanol–water partition coefficient (Wildman–Crippen LogP) is 2.11. The fourth-order valence-corrected chi connectivity index (χ4v) is 4.39. The van der Waals surface area contributed by atoms with E-state index in [1.54, 1.807) is 24.3 Å². The summed E-state index contributed by atoms with van der Waals surface area (Å²) in [4.78, 5) is 12.3. The number of nitrogens with zero attached hydrogens (tertiary/aromatic N) is 1. The molecule has 1 aromatic carbocycles. The fourth-order valence-electron chi connectivity index (χ4n) is 2.93. The van der Waals surface area contributed by atoms with Crippen LogP contribution in [0.1, 0.15) is 32.3 Å². The van der Waals surface area contributed by atoms with Crippen molar-refractivity contribution in [1.82, 2.24) is 14.9 Å². The van der Waals surface area contributed by atoms with Crippen LogP contribution in [-0.4, -0.2) is 51.4 Å². The first-order chi connectivity index (χ1) is 12.5. The number of carbonyl (C=O) groups excluding carboxylic acids is 1. The standard InChI is InChI=1S/C19H29N3O3S.ClH/c1-3-22(4-2)26(24,25)18-8-5-16(6-9-18)7-10-19(23)21-15-17-11-13-20-14-12-17;/h5-6,8-9,11,20H,3-4,7,10,12-15H2,1-2H3,(H,21,23);1H. The Balaban J connectivity index is 0.00000364. The van der Waals surface area contributed by atoms with E-state index in [0.717, 1.165) is 25.1 Å². The molecular weight excluding hydrogens is 386 g/mol. The second-order valence-electron chi connectivity index (χ2n) is 6.33. The van der Waals surface area contributed by atoms with Crippen LogP contribution < -0.4 is 10.6 Å². The minimum absolute atomic E-state index is 0.